The molecular weight excluding hydrogens is 234 g/mol. The highest BCUT2D eigenvalue weighted by Crippen LogP contribution is 2.27. The molecule has 2 aromatic rings. The van der Waals surface area contributed by atoms with Crippen LogP contribution in [-0.4, -0.2) is 10.8 Å². The van der Waals surface area contributed by atoms with Crippen LogP contribution in [0, 0.1) is 5.41 Å². The summed E-state index contributed by atoms with van der Waals surface area (Å²) in [4.78, 5) is 4.53. The zero-order chi connectivity index (χ0) is 12.6. The Bertz CT molecular complexity index is 590. The molecule has 0 saturated carbocycles. The summed E-state index contributed by atoms with van der Waals surface area (Å²) >= 11 is 6.14. The molecule has 2 rings (SSSR count). The van der Waals surface area contributed by atoms with Gasteiger partial charge in [-0.25, -0.2) is 0 Å². The molecule has 88 valence electrons. The summed E-state index contributed by atoms with van der Waals surface area (Å²) < 4.78 is 0. The Labute approximate surface area is 105 Å². The maximum absolute atomic E-state index is 7.63. The van der Waals surface area contributed by atoms with E-state index in [2.05, 4.69) is 18.8 Å². The molecule has 0 spiro atoms. The third kappa shape index (κ3) is 2.11. The number of nitrogens with zero attached hydrogens (tertiary/aromatic N) is 1. The molecule has 0 unspecified atom stereocenters. The van der Waals surface area contributed by atoms with Gasteiger partial charge in [0, 0.05) is 16.6 Å². The van der Waals surface area contributed by atoms with Crippen molar-refractivity contribution < 1.29 is 0 Å². The van der Waals surface area contributed by atoms with Gasteiger partial charge in [0.2, 0.25) is 0 Å². The molecule has 0 aliphatic carbocycles. The van der Waals surface area contributed by atoms with E-state index < -0.39 is 0 Å². The number of halogens is 1. The quantitative estimate of drug-likeness (QED) is 0.632. The Kier molecular flexibility index (Phi) is 3.03. The molecule has 0 amide bonds. The molecule has 0 radical (unpaired) electrons. The highest BCUT2D eigenvalue weighted by atomic mass is 35.5. The number of amidine groups is 1. The van der Waals surface area contributed by atoms with Gasteiger partial charge in [-0.1, -0.05) is 37.6 Å². The molecule has 0 aliphatic rings. The largest absolute Gasteiger partial charge is 0.384 e. The number of benzene rings is 1. The number of rotatable bonds is 2. The first-order valence-corrected chi connectivity index (χ1v) is 5.82. The summed E-state index contributed by atoms with van der Waals surface area (Å²) in [5.74, 6) is 0.315. The van der Waals surface area contributed by atoms with Crippen molar-refractivity contribution in [2.24, 2.45) is 5.73 Å². The molecule has 1 aromatic heterocycles. The number of nitrogens with one attached hydrogen (secondary N) is 1. The molecule has 0 aliphatic heterocycles. The number of pyridine rings is 1. The normalized spacial score (nSPS) is 11.1. The average molecular weight is 248 g/mol. The number of aromatic nitrogens is 1. The van der Waals surface area contributed by atoms with Crippen LogP contribution < -0.4 is 5.73 Å². The van der Waals surface area contributed by atoms with E-state index in [1.54, 1.807) is 6.07 Å². The number of hydrogen-bond acceptors (Lipinski definition) is 2. The molecule has 0 atom stereocenters. The second-order valence-corrected chi connectivity index (χ2v) is 4.71. The lowest BCUT2D eigenvalue weighted by Crippen LogP contribution is -2.13. The van der Waals surface area contributed by atoms with Crippen molar-refractivity contribution in [2.45, 2.75) is 19.8 Å². The van der Waals surface area contributed by atoms with Gasteiger partial charge in [-0.15, -0.1) is 0 Å². The van der Waals surface area contributed by atoms with Gasteiger partial charge in [0.25, 0.3) is 0 Å². The smallest absolute Gasteiger partial charge is 0.123 e. The summed E-state index contributed by atoms with van der Waals surface area (Å²) in [6.45, 7) is 4.10. The van der Waals surface area contributed by atoms with Gasteiger partial charge in [-0.05, 0) is 18.1 Å². The maximum atomic E-state index is 7.63. The van der Waals surface area contributed by atoms with Crippen LogP contribution in [0.2, 0.25) is 5.02 Å². The van der Waals surface area contributed by atoms with Crippen LogP contribution >= 0.6 is 11.6 Å². The van der Waals surface area contributed by atoms with Gasteiger partial charge in [0.1, 0.15) is 5.84 Å². The summed E-state index contributed by atoms with van der Waals surface area (Å²) in [5.41, 5.74) is 7.92. The molecule has 3 nitrogen and oxygen atoms in total. The first-order chi connectivity index (χ1) is 8.00. The van der Waals surface area contributed by atoms with Crippen molar-refractivity contribution >= 4 is 28.3 Å². The lowest BCUT2D eigenvalue weighted by Gasteiger charge is -2.11. The Morgan fingerprint density at radius 3 is 2.71 bits per heavy atom. The highest BCUT2D eigenvalue weighted by Gasteiger charge is 2.12. The van der Waals surface area contributed by atoms with Gasteiger partial charge in [-0.3, -0.25) is 10.4 Å². The van der Waals surface area contributed by atoms with Gasteiger partial charge in [0.05, 0.1) is 10.5 Å². The number of nitrogen functional groups attached to an aromatic ring is 1. The van der Waals surface area contributed by atoms with Crippen molar-refractivity contribution in [2.75, 3.05) is 0 Å². The number of fused-ring (bicyclic) bond motifs is 1. The number of para-hydroxylation sites is 1. The van der Waals surface area contributed by atoms with Gasteiger partial charge < -0.3 is 5.73 Å². The fourth-order valence-corrected chi connectivity index (χ4v) is 1.97. The second kappa shape index (κ2) is 4.34. The van der Waals surface area contributed by atoms with Crippen LogP contribution in [0.3, 0.4) is 0 Å². The third-order valence-corrected chi connectivity index (χ3v) is 3.00. The van der Waals surface area contributed by atoms with E-state index in [0.29, 0.717) is 16.1 Å². The monoisotopic (exact) mass is 247 g/mol. The molecule has 4 heteroatoms. The predicted molar refractivity (Wildman–Crippen MR) is 71.9 cm³/mol. The summed E-state index contributed by atoms with van der Waals surface area (Å²) in [6, 6.07) is 7.39. The molecular formula is C13H14ClN3. The molecule has 0 bridgehead atoms. The van der Waals surface area contributed by atoms with Crippen LogP contribution in [0.4, 0.5) is 0 Å². The second-order valence-electron chi connectivity index (χ2n) is 4.30. The summed E-state index contributed by atoms with van der Waals surface area (Å²) in [7, 11) is 0. The van der Waals surface area contributed by atoms with E-state index in [-0.39, 0.29) is 11.8 Å². The van der Waals surface area contributed by atoms with E-state index in [9.17, 15) is 0 Å². The van der Waals surface area contributed by atoms with Crippen molar-refractivity contribution in [3.8, 4) is 0 Å². The Balaban J connectivity index is 2.86. The minimum absolute atomic E-state index is 0.0431. The standard InChI is InChI=1S/C13H14ClN3/c1-7(2)11-6-9(13(15)16)8-4-3-5-10(14)12(8)17-11/h3-7H,1-2H3,(H3,15,16). The van der Waals surface area contributed by atoms with Crippen LogP contribution in [0.25, 0.3) is 10.9 Å². The molecule has 0 fully saturated rings. The first kappa shape index (κ1) is 11.9. The SMILES string of the molecule is CC(C)c1cc(C(=N)N)c2cccc(Cl)c2n1. The summed E-state index contributed by atoms with van der Waals surface area (Å²) in [6.07, 6.45) is 0. The van der Waals surface area contributed by atoms with Crippen molar-refractivity contribution in [1.82, 2.24) is 4.98 Å². The van der Waals surface area contributed by atoms with Gasteiger partial charge in [0.15, 0.2) is 0 Å². The fraction of sp³-hybridized carbons (Fsp3) is 0.231. The van der Waals surface area contributed by atoms with Crippen LogP contribution in [0.1, 0.15) is 31.0 Å². The molecule has 1 heterocycles. The van der Waals surface area contributed by atoms with Crippen LogP contribution in [0.15, 0.2) is 24.3 Å². The molecule has 0 saturated heterocycles. The third-order valence-electron chi connectivity index (χ3n) is 2.69. The predicted octanol–water partition coefficient (Wildman–Crippen LogP) is 3.30. The van der Waals surface area contributed by atoms with E-state index in [1.807, 2.05) is 18.2 Å². The lowest BCUT2D eigenvalue weighted by atomic mass is 10.0. The summed E-state index contributed by atoms with van der Waals surface area (Å²) in [5, 5.41) is 9.05. The number of nitrogens with two attached hydrogens (primary N) is 1. The van der Waals surface area contributed by atoms with Crippen LogP contribution in [-0.2, 0) is 0 Å². The Morgan fingerprint density at radius 1 is 1.41 bits per heavy atom. The van der Waals surface area contributed by atoms with Gasteiger partial charge >= 0.3 is 0 Å². The minimum Gasteiger partial charge on any atom is -0.384 e. The van der Waals surface area contributed by atoms with E-state index >= 15 is 0 Å². The average Bonchev–Trinajstić information content (AvgIpc) is 2.28. The van der Waals surface area contributed by atoms with Gasteiger partial charge in [-0.2, -0.15) is 0 Å². The lowest BCUT2D eigenvalue weighted by molar-refractivity contribution is 0.829. The Hall–Kier alpha value is -1.61. The minimum atomic E-state index is 0.0431. The van der Waals surface area contributed by atoms with Crippen LogP contribution in [0.5, 0.6) is 0 Å². The van der Waals surface area contributed by atoms with Crippen molar-refractivity contribution in [1.29, 1.82) is 5.41 Å². The van der Waals surface area contributed by atoms with E-state index in [4.69, 9.17) is 22.7 Å². The first-order valence-electron chi connectivity index (χ1n) is 5.44. The fourth-order valence-electron chi connectivity index (χ4n) is 1.75. The molecule has 1 aromatic carbocycles. The zero-order valence-corrected chi connectivity index (χ0v) is 10.5. The molecule has 3 N–H and O–H groups in total. The zero-order valence-electron chi connectivity index (χ0n) is 9.79. The topological polar surface area (TPSA) is 62.8 Å². The highest BCUT2D eigenvalue weighted by molar-refractivity contribution is 6.35. The van der Waals surface area contributed by atoms with E-state index in [0.717, 1.165) is 11.1 Å². The van der Waals surface area contributed by atoms with Crippen molar-refractivity contribution in [3.05, 3.63) is 40.5 Å². The Morgan fingerprint density at radius 2 is 2.12 bits per heavy atom. The van der Waals surface area contributed by atoms with Crippen molar-refractivity contribution in [3.63, 3.8) is 0 Å². The molecule has 17 heavy (non-hydrogen) atoms. The number of hydrogen-bond donors (Lipinski definition) is 2. The van der Waals surface area contributed by atoms with E-state index in [1.165, 1.54) is 0 Å². The maximum Gasteiger partial charge on any atom is 0.123 e.